The number of carbonyl (C=O) groups is 1. The summed E-state index contributed by atoms with van der Waals surface area (Å²) in [6, 6.07) is 3.89. The summed E-state index contributed by atoms with van der Waals surface area (Å²) in [4.78, 5) is 11.5. The monoisotopic (exact) mass is 247 g/mol. The Kier molecular flexibility index (Phi) is 2.97. The Hall–Kier alpha value is -1.01. The molecule has 6 heteroatoms. The van der Waals surface area contributed by atoms with Crippen LogP contribution in [-0.4, -0.2) is 12.3 Å². The predicted octanol–water partition coefficient (Wildman–Crippen LogP) is 2.84. The van der Waals surface area contributed by atoms with Gasteiger partial charge in [0.2, 0.25) is 0 Å². The van der Waals surface area contributed by atoms with Crippen molar-refractivity contribution in [1.29, 1.82) is 0 Å². The van der Waals surface area contributed by atoms with Gasteiger partial charge in [-0.2, -0.15) is 8.78 Å². The predicted molar refractivity (Wildman–Crippen MR) is 57.6 cm³/mol. The summed E-state index contributed by atoms with van der Waals surface area (Å²) in [5.74, 6) is -1.22. The molecule has 2 aromatic heterocycles. The number of alkyl halides is 2. The maximum absolute atomic E-state index is 11.9. The fraction of sp³-hybridized carbons (Fsp3) is 0.222. The molecule has 0 aliphatic rings. The van der Waals surface area contributed by atoms with Crippen LogP contribution in [0.2, 0.25) is 0 Å². The summed E-state index contributed by atoms with van der Waals surface area (Å²) in [5, 5.41) is 4.15. The van der Waals surface area contributed by atoms with E-state index in [9.17, 15) is 13.6 Å². The van der Waals surface area contributed by atoms with Crippen LogP contribution in [0.4, 0.5) is 8.78 Å². The summed E-state index contributed by atoms with van der Waals surface area (Å²) in [6.07, 6.45) is -2.94. The van der Waals surface area contributed by atoms with E-state index in [0.29, 0.717) is 0 Å². The highest BCUT2D eigenvalue weighted by Gasteiger charge is 2.14. The number of rotatable bonds is 3. The van der Waals surface area contributed by atoms with Gasteiger partial charge >= 0.3 is 6.43 Å². The fourth-order valence-electron chi connectivity index (χ4n) is 1.15. The van der Waals surface area contributed by atoms with Gasteiger partial charge in [0.1, 0.15) is 0 Å². The molecular weight excluding hydrogens is 240 g/mol. The average molecular weight is 247 g/mol. The van der Waals surface area contributed by atoms with Crippen molar-refractivity contribution in [2.75, 3.05) is 0 Å². The lowest BCUT2D eigenvalue weighted by molar-refractivity contribution is -0.131. The van der Waals surface area contributed by atoms with E-state index in [2.05, 4.69) is 5.32 Å². The smallest absolute Gasteiger partial charge is 0.315 e. The standard InChI is InChI=1S/C9H7F2NOS2/c10-8(11)9(13)12-4-5-3-7-6(15-5)1-2-14-7/h1-3,8H,4H2,(H,12,13). The first kappa shape index (κ1) is 10.5. The number of nitrogens with one attached hydrogen (secondary N) is 1. The van der Waals surface area contributed by atoms with Crippen molar-refractivity contribution in [3.05, 3.63) is 22.4 Å². The van der Waals surface area contributed by atoms with E-state index in [1.807, 2.05) is 17.5 Å². The first-order valence-corrected chi connectivity index (χ1v) is 5.88. The van der Waals surface area contributed by atoms with Crippen molar-refractivity contribution < 1.29 is 13.6 Å². The second-order valence-corrected chi connectivity index (χ2v) is 5.00. The molecule has 0 unspecified atom stereocenters. The fourth-order valence-corrected chi connectivity index (χ4v) is 3.23. The molecule has 2 aromatic rings. The van der Waals surface area contributed by atoms with E-state index in [1.54, 1.807) is 11.3 Å². The van der Waals surface area contributed by atoms with Gasteiger partial charge in [-0.25, -0.2) is 0 Å². The highest BCUT2D eigenvalue weighted by atomic mass is 32.1. The Labute approximate surface area is 92.5 Å². The van der Waals surface area contributed by atoms with Crippen LogP contribution >= 0.6 is 22.7 Å². The van der Waals surface area contributed by atoms with Gasteiger partial charge in [0.05, 0.1) is 6.54 Å². The van der Waals surface area contributed by atoms with Crippen LogP contribution in [-0.2, 0) is 11.3 Å². The average Bonchev–Trinajstić information content (AvgIpc) is 2.72. The largest absolute Gasteiger partial charge is 0.346 e. The van der Waals surface area contributed by atoms with Crippen LogP contribution in [0.3, 0.4) is 0 Å². The minimum atomic E-state index is -2.94. The van der Waals surface area contributed by atoms with Crippen LogP contribution < -0.4 is 5.32 Å². The maximum atomic E-state index is 11.9. The van der Waals surface area contributed by atoms with Gasteiger partial charge in [0.15, 0.2) is 0 Å². The van der Waals surface area contributed by atoms with Gasteiger partial charge in [0, 0.05) is 14.3 Å². The topological polar surface area (TPSA) is 29.1 Å². The molecule has 0 saturated heterocycles. The Morgan fingerprint density at radius 3 is 2.93 bits per heavy atom. The maximum Gasteiger partial charge on any atom is 0.315 e. The molecule has 0 aromatic carbocycles. The molecule has 0 fully saturated rings. The molecule has 0 saturated carbocycles. The lowest BCUT2D eigenvalue weighted by Gasteiger charge is -2.00. The second kappa shape index (κ2) is 4.24. The molecule has 0 radical (unpaired) electrons. The zero-order valence-corrected chi connectivity index (χ0v) is 9.13. The third-order valence-electron chi connectivity index (χ3n) is 1.83. The SMILES string of the molecule is O=C(NCc1cc2sccc2s1)C(F)F. The van der Waals surface area contributed by atoms with E-state index in [1.165, 1.54) is 11.3 Å². The third kappa shape index (κ3) is 2.32. The van der Waals surface area contributed by atoms with E-state index in [-0.39, 0.29) is 6.54 Å². The van der Waals surface area contributed by atoms with Crippen LogP contribution in [0.5, 0.6) is 0 Å². The zero-order valence-electron chi connectivity index (χ0n) is 7.50. The number of carbonyl (C=O) groups excluding carboxylic acids is 1. The summed E-state index contributed by atoms with van der Waals surface area (Å²) in [6.45, 7) is 0.176. The van der Waals surface area contributed by atoms with Gasteiger partial charge < -0.3 is 5.32 Å². The highest BCUT2D eigenvalue weighted by molar-refractivity contribution is 7.26. The van der Waals surface area contributed by atoms with Crippen molar-refractivity contribution in [2.45, 2.75) is 13.0 Å². The first-order chi connectivity index (χ1) is 7.16. The van der Waals surface area contributed by atoms with Gasteiger partial charge in [-0.05, 0) is 17.5 Å². The molecule has 0 atom stereocenters. The van der Waals surface area contributed by atoms with Crippen molar-refractivity contribution >= 4 is 38.0 Å². The molecule has 15 heavy (non-hydrogen) atoms. The van der Waals surface area contributed by atoms with Crippen LogP contribution in [0, 0.1) is 0 Å². The van der Waals surface area contributed by atoms with E-state index in [4.69, 9.17) is 0 Å². The van der Waals surface area contributed by atoms with Crippen molar-refractivity contribution in [2.24, 2.45) is 0 Å². The summed E-state index contributed by atoms with van der Waals surface area (Å²) in [7, 11) is 0. The number of hydrogen-bond acceptors (Lipinski definition) is 3. The molecule has 0 spiro atoms. The Bertz CT molecular complexity index is 449. The number of thiophene rings is 2. The Balaban J connectivity index is 2.01. The van der Waals surface area contributed by atoms with E-state index >= 15 is 0 Å². The molecule has 0 bridgehead atoms. The van der Waals surface area contributed by atoms with E-state index < -0.39 is 12.3 Å². The van der Waals surface area contributed by atoms with Crippen LogP contribution in [0.25, 0.3) is 9.40 Å². The molecule has 2 nitrogen and oxygen atoms in total. The summed E-state index contributed by atoms with van der Waals surface area (Å²) < 4.78 is 26.0. The number of amides is 1. The second-order valence-electron chi connectivity index (χ2n) is 2.88. The highest BCUT2D eigenvalue weighted by Crippen LogP contribution is 2.29. The van der Waals surface area contributed by atoms with Crippen molar-refractivity contribution in [3.63, 3.8) is 0 Å². The normalized spacial score (nSPS) is 11.1. The molecule has 80 valence electrons. The van der Waals surface area contributed by atoms with Gasteiger partial charge in [0.25, 0.3) is 5.91 Å². The van der Waals surface area contributed by atoms with E-state index in [0.717, 1.165) is 14.3 Å². The van der Waals surface area contributed by atoms with Crippen molar-refractivity contribution in [1.82, 2.24) is 5.32 Å². The summed E-state index contributed by atoms with van der Waals surface area (Å²) in [5.41, 5.74) is 0. The molecule has 2 heterocycles. The number of hydrogen-bond donors (Lipinski definition) is 1. The third-order valence-corrected chi connectivity index (χ3v) is 3.92. The molecule has 1 N–H and O–H groups in total. The lowest BCUT2D eigenvalue weighted by Crippen LogP contribution is -2.28. The minimum Gasteiger partial charge on any atom is -0.346 e. The molecule has 0 aliphatic heterocycles. The van der Waals surface area contributed by atoms with Crippen molar-refractivity contribution in [3.8, 4) is 0 Å². The van der Waals surface area contributed by atoms with Crippen LogP contribution in [0.15, 0.2) is 17.5 Å². The van der Waals surface area contributed by atoms with Gasteiger partial charge in [-0.1, -0.05) is 0 Å². The molecule has 1 amide bonds. The Morgan fingerprint density at radius 1 is 1.47 bits per heavy atom. The number of fused-ring (bicyclic) bond motifs is 1. The van der Waals surface area contributed by atoms with Gasteiger partial charge in [-0.3, -0.25) is 4.79 Å². The minimum absolute atomic E-state index is 0.176. The number of halogens is 2. The molecule has 2 rings (SSSR count). The quantitative estimate of drug-likeness (QED) is 0.887. The Morgan fingerprint density at radius 2 is 2.27 bits per heavy atom. The zero-order chi connectivity index (χ0) is 10.8. The first-order valence-electron chi connectivity index (χ1n) is 4.18. The lowest BCUT2D eigenvalue weighted by atomic mass is 10.4. The molecule has 0 aliphatic carbocycles. The summed E-state index contributed by atoms with van der Waals surface area (Å²) >= 11 is 3.11. The van der Waals surface area contributed by atoms with Gasteiger partial charge in [-0.15, -0.1) is 22.7 Å². The molecular formula is C9H7F2NOS2. The van der Waals surface area contributed by atoms with Crippen LogP contribution in [0.1, 0.15) is 4.88 Å².